The van der Waals surface area contributed by atoms with Crippen LogP contribution in [0.25, 0.3) is 0 Å². The van der Waals surface area contributed by atoms with Gasteiger partial charge >= 0.3 is 5.97 Å². The van der Waals surface area contributed by atoms with E-state index in [1.807, 2.05) is 0 Å². The highest BCUT2D eigenvalue weighted by molar-refractivity contribution is 6.04. The van der Waals surface area contributed by atoms with E-state index in [2.05, 4.69) is 10.2 Å². The molecular formula is C12H16N6O3. The van der Waals surface area contributed by atoms with Crippen molar-refractivity contribution >= 4 is 23.5 Å². The Morgan fingerprint density at radius 3 is 2.52 bits per heavy atom. The third-order valence-corrected chi connectivity index (χ3v) is 2.98. The van der Waals surface area contributed by atoms with Gasteiger partial charge in [0.15, 0.2) is 0 Å². The van der Waals surface area contributed by atoms with Gasteiger partial charge in [0.2, 0.25) is 0 Å². The maximum Gasteiger partial charge on any atom is 0.343 e. The van der Waals surface area contributed by atoms with E-state index in [4.69, 9.17) is 16.2 Å². The standard InChI is InChI=1S/C12H16N6O3/c1-4-21-12(20)8-6(2)16-18(10(8)14)11(19)7-5-15-17(3)9(7)13/h5H,4,13-14H2,1-3H3. The molecule has 112 valence electrons. The van der Waals surface area contributed by atoms with Crippen molar-refractivity contribution in [3.63, 3.8) is 0 Å². The number of ether oxygens (including phenoxy) is 1. The summed E-state index contributed by atoms with van der Waals surface area (Å²) < 4.78 is 7.17. The highest BCUT2D eigenvalue weighted by Gasteiger charge is 2.26. The van der Waals surface area contributed by atoms with E-state index in [1.165, 1.54) is 10.9 Å². The van der Waals surface area contributed by atoms with Crippen molar-refractivity contribution in [1.82, 2.24) is 19.6 Å². The summed E-state index contributed by atoms with van der Waals surface area (Å²) in [7, 11) is 1.61. The Morgan fingerprint density at radius 2 is 2.00 bits per heavy atom. The zero-order valence-electron chi connectivity index (χ0n) is 12.0. The number of hydrogen-bond donors (Lipinski definition) is 2. The number of rotatable bonds is 3. The second kappa shape index (κ2) is 5.27. The number of nitrogens with zero attached hydrogens (tertiary/aromatic N) is 4. The van der Waals surface area contributed by atoms with Crippen LogP contribution in [-0.4, -0.2) is 38.0 Å². The Balaban J connectivity index is 2.46. The topological polar surface area (TPSA) is 131 Å². The first kappa shape index (κ1) is 14.6. The summed E-state index contributed by atoms with van der Waals surface area (Å²) in [5.41, 5.74) is 12.1. The van der Waals surface area contributed by atoms with E-state index >= 15 is 0 Å². The molecule has 21 heavy (non-hydrogen) atoms. The van der Waals surface area contributed by atoms with Crippen LogP contribution in [0.15, 0.2) is 6.20 Å². The average molecular weight is 292 g/mol. The number of nitrogens with two attached hydrogens (primary N) is 2. The van der Waals surface area contributed by atoms with Crippen molar-refractivity contribution in [2.24, 2.45) is 7.05 Å². The molecule has 0 spiro atoms. The van der Waals surface area contributed by atoms with Gasteiger partial charge in [-0.05, 0) is 13.8 Å². The fraction of sp³-hybridized carbons (Fsp3) is 0.333. The maximum absolute atomic E-state index is 12.4. The molecule has 0 aliphatic rings. The van der Waals surface area contributed by atoms with Gasteiger partial charge in [0.25, 0.3) is 5.91 Å². The highest BCUT2D eigenvalue weighted by Crippen LogP contribution is 2.20. The molecule has 0 unspecified atom stereocenters. The van der Waals surface area contributed by atoms with Gasteiger partial charge in [-0.15, -0.1) is 0 Å². The molecule has 9 nitrogen and oxygen atoms in total. The minimum Gasteiger partial charge on any atom is -0.462 e. The first-order valence-corrected chi connectivity index (χ1v) is 6.22. The van der Waals surface area contributed by atoms with Crippen LogP contribution < -0.4 is 11.5 Å². The number of anilines is 2. The van der Waals surface area contributed by atoms with Crippen molar-refractivity contribution < 1.29 is 14.3 Å². The van der Waals surface area contributed by atoms with Crippen LogP contribution in [0, 0.1) is 6.92 Å². The monoisotopic (exact) mass is 292 g/mol. The Morgan fingerprint density at radius 1 is 1.33 bits per heavy atom. The maximum atomic E-state index is 12.4. The van der Waals surface area contributed by atoms with Gasteiger partial charge in [0, 0.05) is 7.05 Å². The third kappa shape index (κ3) is 2.33. The lowest BCUT2D eigenvalue weighted by Gasteiger charge is -2.04. The highest BCUT2D eigenvalue weighted by atomic mass is 16.5. The fourth-order valence-corrected chi connectivity index (χ4v) is 1.88. The first-order valence-electron chi connectivity index (χ1n) is 6.22. The second-order valence-corrected chi connectivity index (χ2v) is 4.35. The SMILES string of the molecule is CCOC(=O)c1c(C)nn(C(=O)c2cnn(C)c2N)c1N. The summed E-state index contributed by atoms with van der Waals surface area (Å²) in [5, 5.41) is 7.87. The van der Waals surface area contributed by atoms with Crippen LogP contribution in [0.2, 0.25) is 0 Å². The summed E-state index contributed by atoms with van der Waals surface area (Å²) in [6.45, 7) is 3.45. The van der Waals surface area contributed by atoms with Crippen molar-refractivity contribution in [3.05, 3.63) is 23.0 Å². The Labute approximate surface area is 120 Å². The second-order valence-electron chi connectivity index (χ2n) is 4.35. The lowest BCUT2D eigenvalue weighted by molar-refractivity contribution is 0.0527. The number of aromatic nitrogens is 4. The van der Waals surface area contributed by atoms with E-state index in [0.717, 1.165) is 4.68 Å². The number of aryl methyl sites for hydroxylation is 2. The summed E-state index contributed by atoms with van der Waals surface area (Å²) in [4.78, 5) is 24.2. The number of nitrogen functional groups attached to an aromatic ring is 2. The molecular weight excluding hydrogens is 276 g/mol. The Hall–Kier alpha value is -2.84. The van der Waals surface area contributed by atoms with Crippen LogP contribution in [0.1, 0.15) is 33.3 Å². The van der Waals surface area contributed by atoms with Crippen molar-refractivity contribution in [2.75, 3.05) is 18.1 Å². The van der Waals surface area contributed by atoms with E-state index in [9.17, 15) is 9.59 Å². The van der Waals surface area contributed by atoms with Crippen LogP contribution in [0.4, 0.5) is 11.6 Å². The Bertz CT molecular complexity index is 715. The van der Waals surface area contributed by atoms with Gasteiger partial charge in [-0.2, -0.15) is 14.9 Å². The molecule has 0 radical (unpaired) electrons. The van der Waals surface area contributed by atoms with Crippen LogP contribution in [-0.2, 0) is 11.8 Å². The fourth-order valence-electron chi connectivity index (χ4n) is 1.88. The predicted molar refractivity (Wildman–Crippen MR) is 74.7 cm³/mol. The van der Waals surface area contributed by atoms with Crippen molar-refractivity contribution in [3.8, 4) is 0 Å². The number of esters is 1. The number of hydrogen-bond acceptors (Lipinski definition) is 7. The van der Waals surface area contributed by atoms with Crippen LogP contribution in [0.5, 0.6) is 0 Å². The Kier molecular flexibility index (Phi) is 3.66. The normalized spacial score (nSPS) is 10.6. The molecule has 2 aromatic rings. The minimum absolute atomic E-state index is 0.0765. The number of carbonyl (C=O) groups is 2. The molecule has 0 bridgehead atoms. The molecule has 2 heterocycles. The van der Waals surface area contributed by atoms with Gasteiger partial charge < -0.3 is 16.2 Å². The zero-order valence-corrected chi connectivity index (χ0v) is 12.0. The molecule has 4 N–H and O–H groups in total. The molecule has 0 aliphatic carbocycles. The van der Waals surface area contributed by atoms with Gasteiger partial charge in [-0.3, -0.25) is 9.48 Å². The molecule has 0 saturated heterocycles. The van der Waals surface area contributed by atoms with Crippen molar-refractivity contribution in [1.29, 1.82) is 0 Å². The predicted octanol–water partition coefficient (Wildman–Crippen LogP) is -0.0454. The van der Waals surface area contributed by atoms with Crippen LogP contribution >= 0.6 is 0 Å². The van der Waals surface area contributed by atoms with Gasteiger partial charge in [0.05, 0.1) is 18.5 Å². The minimum atomic E-state index is -0.620. The van der Waals surface area contributed by atoms with E-state index in [0.29, 0.717) is 5.69 Å². The quantitative estimate of drug-likeness (QED) is 0.758. The van der Waals surface area contributed by atoms with Crippen molar-refractivity contribution in [2.45, 2.75) is 13.8 Å². The smallest absolute Gasteiger partial charge is 0.343 e. The van der Waals surface area contributed by atoms with Gasteiger partial charge in [-0.25, -0.2) is 4.79 Å². The molecule has 2 rings (SSSR count). The molecule has 2 aromatic heterocycles. The molecule has 9 heteroatoms. The molecule has 0 aliphatic heterocycles. The van der Waals surface area contributed by atoms with E-state index in [1.54, 1.807) is 20.9 Å². The molecule has 0 saturated carbocycles. The molecule has 0 aromatic carbocycles. The third-order valence-electron chi connectivity index (χ3n) is 2.98. The van der Waals surface area contributed by atoms with E-state index < -0.39 is 11.9 Å². The summed E-state index contributed by atoms with van der Waals surface area (Å²) in [5.74, 6) is -1.08. The largest absolute Gasteiger partial charge is 0.462 e. The van der Waals surface area contributed by atoms with E-state index in [-0.39, 0.29) is 29.4 Å². The van der Waals surface area contributed by atoms with Crippen LogP contribution in [0.3, 0.4) is 0 Å². The molecule has 0 fully saturated rings. The first-order chi connectivity index (χ1) is 9.88. The van der Waals surface area contributed by atoms with Gasteiger partial charge in [-0.1, -0.05) is 0 Å². The average Bonchev–Trinajstić information content (AvgIpc) is 2.91. The zero-order chi connectivity index (χ0) is 15.7. The lowest BCUT2D eigenvalue weighted by Crippen LogP contribution is -2.18. The van der Waals surface area contributed by atoms with Gasteiger partial charge in [0.1, 0.15) is 22.8 Å². The lowest BCUT2D eigenvalue weighted by atomic mass is 10.2. The number of carbonyl (C=O) groups excluding carboxylic acids is 2. The molecule has 0 atom stereocenters. The summed E-state index contributed by atoms with van der Waals surface area (Å²) in [6.07, 6.45) is 1.32. The summed E-state index contributed by atoms with van der Waals surface area (Å²) >= 11 is 0. The molecule has 0 amide bonds. The summed E-state index contributed by atoms with van der Waals surface area (Å²) in [6, 6.07) is 0.